The SMILES string of the molecule is CC(C)=C(C)c1ccc(C)c(C)c1C.CC1=C(C)C(C)=C(C)C1.Cc1cc(C)c(C)cc1C.Cc1cc2c(cc1C)-c1cc(C)c(C)cc1C2.Cc1cc2cc(C)c(C)cc2cc1C.Cc1cc2ccc(C)c(C)c2cc1C.Cc1ccc(C)c(C)c1C.Cc1ccc2ccc(C)c(C)c2c1C. The van der Waals surface area contributed by atoms with Gasteiger partial charge in [0.1, 0.15) is 0 Å². The molecule has 11 aromatic rings. The molecule has 0 atom stereocenters. The Morgan fingerprint density at radius 3 is 0.843 bits per heavy atom. The summed E-state index contributed by atoms with van der Waals surface area (Å²) in [5.74, 6) is 0. The van der Waals surface area contributed by atoms with Crippen molar-refractivity contribution in [1.29, 1.82) is 0 Å². The van der Waals surface area contributed by atoms with E-state index in [1.807, 2.05) is 0 Å². The van der Waals surface area contributed by atoms with Crippen LogP contribution in [0.2, 0.25) is 0 Å². The summed E-state index contributed by atoms with van der Waals surface area (Å²) in [5.41, 5.74) is 53.9. The first-order chi connectivity index (χ1) is 47.6. The van der Waals surface area contributed by atoms with Gasteiger partial charge in [-0.15, -0.1) is 0 Å². The molecule has 0 fully saturated rings. The van der Waals surface area contributed by atoms with Crippen LogP contribution in [0.4, 0.5) is 0 Å². The topological polar surface area (TPSA) is 0 Å². The van der Waals surface area contributed by atoms with Gasteiger partial charge in [0, 0.05) is 0 Å². The van der Waals surface area contributed by atoms with Crippen molar-refractivity contribution in [3.05, 3.63) is 328 Å². The van der Waals surface area contributed by atoms with Crippen LogP contribution < -0.4 is 0 Å². The molecule has 0 aromatic heterocycles. The van der Waals surface area contributed by atoms with E-state index in [4.69, 9.17) is 0 Å². The van der Waals surface area contributed by atoms with Crippen LogP contribution >= 0.6 is 0 Å². The lowest BCUT2D eigenvalue weighted by Crippen LogP contribution is -1.93. The zero-order chi connectivity index (χ0) is 76.4. The van der Waals surface area contributed by atoms with Gasteiger partial charge in [-0.2, -0.15) is 0 Å². The van der Waals surface area contributed by atoms with E-state index in [1.165, 1.54) is 239 Å². The quantitative estimate of drug-likeness (QED) is 0.154. The average molecular weight is 1350 g/mol. The molecule has 13 rings (SSSR count). The van der Waals surface area contributed by atoms with Crippen LogP contribution in [-0.4, -0.2) is 0 Å². The number of hydrogen-bond acceptors (Lipinski definition) is 0. The van der Waals surface area contributed by atoms with E-state index in [2.05, 4.69) is 369 Å². The van der Waals surface area contributed by atoms with Crippen LogP contribution in [0.3, 0.4) is 0 Å². The van der Waals surface area contributed by atoms with E-state index in [-0.39, 0.29) is 0 Å². The minimum atomic E-state index is 1.10. The minimum Gasteiger partial charge on any atom is -0.0729 e. The zero-order valence-corrected chi connectivity index (χ0v) is 70.1. The number of aryl methyl sites for hydroxylation is 23. The smallest absolute Gasteiger partial charge is 0.00132 e. The first-order valence-electron chi connectivity index (χ1n) is 37.4. The molecule has 0 heteroatoms. The Morgan fingerprint density at radius 2 is 0.490 bits per heavy atom. The number of fused-ring (bicyclic) bond motifs is 6. The molecule has 0 unspecified atom stereocenters. The van der Waals surface area contributed by atoms with Crippen molar-refractivity contribution in [3.63, 3.8) is 0 Å². The van der Waals surface area contributed by atoms with Crippen LogP contribution in [0, 0.1) is 187 Å². The van der Waals surface area contributed by atoms with Gasteiger partial charge >= 0.3 is 0 Å². The Kier molecular flexibility index (Phi) is 28.7. The molecular formula is C102H128. The van der Waals surface area contributed by atoms with Gasteiger partial charge in [0.05, 0.1) is 0 Å². The van der Waals surface area contributed by atoms with E-state index < -0.39 is 0 Å². The standard InChI is InChI=1S/C17H18.3C14H16.C14H20.2C10H14.C9H14/c1-10-5-14-9-15-6-11(2)13(4)8-17(15)16(14)7-12(10)3;1-9-5-13-7-11(3)12(4)8-14(13)6-10(9)2;1-9-5-7-13-8-6-10(2)12(4)14(13)11(9)3;1-9-5-6-13-7-10(2)11(3)8-14(13)12(9)4;1-9(2)11(4)14-8-7-10(3)12(5)13(14)6;1-7-5-9(3)10(4)6-8(7)2;1-7-5-6-8(2)10(4)9(7)3;1-6-5-7(2)9(4)8(6)3/h5-8H,9H2,1-4H3;3*5-8H,1-4H3;7-8H,1-6H3;2*5-6H,1-4H3;5H2,1-4H3. The van der Waals surface area contributed by atoms with Gasteiger partial charge in [0.2, 0.25) is 0 Å². The molecule has 536 valence electrons. The molecule has 2 aliphatic rings. The van der Waals surface area contributed by atoms with Gasteiger partial charge in [0.25, 0.3) is 0 Å². The number of hydrogen-bond donors (Lipinski definition) is 0. The lowest BCUT2D eigenvalue weighted by atomic mass is 9.93. The van der Waals surface area contributed by atoms with Crippen molar-refractivity contribution in [1.82, 2.24) is 0 Å². The fraction of sp³-hybridized carbons (Fsp3) is 0.353. The molecule has 0 aliphatic heterocycles. The van der Waals surface area contributed by atoms with Crippen LogP contribution in [-0.2, 0) is 6.42 Å². The van der Waals surface area contributed by atoms with Crippen molar-refractivity contribution in [2.75, 3.05) is 0 Å². The van der Waals surface area contributed by atoms with Crippen molar-refractivity contribution in [2.24, 2.45) is 0 Å². The highest BCUT2D eigenvalue weighted by Crippen LogP contribution is 2.40. The lowest BCUT2D eigenvalue weighted by Gasteiger charge is -2.12. The predicted molar refractivity (Wildman–Crippen MR) is 459 cm³/mol. The Bertz CT molecular complexity index is 4710. The van der Waals surface area contributed by atoms with Crippen molar-refractivity contribution < 1.29 is 0 Å². The summed E-state index contributed by atoms with van der Waals surface area (Å²) in [7, 11) is 0. The van der Waals surface area contributed by atoms with E-state index >= 15 is 0 Å². The Labute approximate surface area is 621 Å². The molecule has 0 spiro atoms. The molecule has 0 heterocycles. The van der Waals surface area contributed by atoms with E-state index in [9.17, 15) is 0 Å². The molecule has 0 amide bonds. The van der Waals surface area contributed by atoms with Gasteiger partial charge < -0.3 is 0 Å². The Hall–Kier alpha value is -8.58. The predicted octanol–water partition coefficient (Wildman–Crippen LogP) is 30.0. The molecule has 0 bridgehead atoms. The maximum Gasteiger partial charge on any atom is -0.00132 e. The van der Waals surface area contributed by atoms with Crippen molar-refractivity contribution >= 4 is 37.9 Å². The lowest BCUT2D eigenvalue weighted by molar-refractivity contribution is 1.13. The fourth-order valence-corrected chi connectivity index (χ4v) is 13.6. The van der Waals surface area contributed by atoms with Crippen LogP contribution in [0.25, 0.3) is 49.0 Å². The van der Waals surface area contributed by atoms with Crippen molar-refractivity contribution in [2.45, 2.75) is 248 Å². The monoisotopic (exact) mass is 1350 g/mol. The molecule has 0 N–H and O–H groups in total. The molecule has 0 radical (unpaired) electrons. The van der Waals surface area contributed by atoms with Gasteiger partial charge in [0.15, 0.2) is 0 Å². The van der Waals surface area contributed by atoms with Crippen LogP contribution in [0.1, 0.15) is 222 Å². The Morgan fingerprint density at radius 1 is 0.216 bits per heavy atom. The van der Waals surface area contributed by atoms with Gasteiger partial charge in [-0.1, -0.05) is 150 Å². The molecule has 0 nitrogen and oxygen atoms in total. The summed E-state index contributed by atoms with van der Waals surface area (Å²) in [6.45, 7) is 74.3. The Balaban J connectivity index is 0.000000185. The van der Waals surface area contributed by atoms with Gasteiger partial charge in [-0.05, 0) is 475 Å². The van der Waals surface area contributed by atoms with E-state index in [0.717, 1.165) is 6.42 Å². The van der Waals surface area contributed by atoms with Crippen LogP contribution in [0.5, 0.6) is 0 Å². The maximum absolute atomic E-state index is 2.36. The molecule has 2 aliphatic carbocycles. The first kappa shape index (κ1) is 82.4. The summed E-state index contributed by atoms with van der Waals surface area (Å²) in [5, 5.41) is 8.26. The summed E-state index contributed by atoms with van der Waals surface area (Å²) in [6.07, 6.45) is 2.31. The van der Waals surface area contributed by atoms with E-state index in [0.29, 0.717) is 0 Å². The largest absolute Gasteiger partial charge is 0.0729 e. The first-order valence-corrected chi connectivity index (χ1v) is 37.4. The molecule has 0 saturated heterocycles. The number of allylic oxidation sites excluding steroid dienone is 6. The third-order valence-corrected chi connectivity index (χ3v) is 23.6. The highest BCUT2D eigenvalue weighted by molar-refractivity contribution is 5.91. The summed E-state index contributed by atoms with van der Waals surface area (Å²) < 4.78 is 0. The minimum absolute atomic E-state index is 1.10. The summed E-state index contributed by atoms with van der Waals surface area (Å²) in [6, 6.07) is 49.6. The second-order valence-electron chi connectivity index (χ2n) is 31.1. The fourth-order valence-electron chi connectivity index (χ4n) is 13.6. The second kappa shape index (κ2) is 35.5. The number of benzene rings is 11. The van der Waals surface area contributed by atoms with Gasteiger partial charge in [-0.25, -0.2) is 0 Å². The van der Waals surface area contributed by atoms with E-state index in [1.54, 1.807) is 11.1 Å². The number of rotatable bonds is 1. The van der Waals surface area contributed by atoms with Crippen LogP contribution in [0.15, 0.2) is 161 Å². The highest BCUT2D eigenvalue weighted by atomic mass is 14.2. The molecule has 0 saturated carbocycles. The van der Waals surface area contributed by atoms with Crippen molar-refractivity contribution in [3.8, 4) is 11.1 Å². The third-order valence-electron chi connectivity index (χ3n) is 23.6. The summed E-state index contributed by atoms with van der Waals surface area (Å²) >= 11 is 0. The highest BCUT2D eigenvalue weighted by Gasteiger charge is 2.20. The molecule has 11 aromatic carbocycles. The average Bonchev–Trinajstić information content (AvgIpc) is 1.64. The maximum atomic E-state index is 2.36. The summed E-state index contributed by atoms with van der Waals surface area (Å²) in [4.78, 5) is 0. The third kappa shape index (κ3) is 20.2. The second-order valence-corrected chi connectivity index (χ2v) is 31.1. The molecular weight excluding hydrogens is 1230 g/mol. The zero-order valence-electron chi connectivity index (χ0n) is 70.1. The normalized spacial score (nSPS) is 11.7. The molecule has 102 heavy (non-hydrogen) atoms. The van der Waals surface area contributed by atoms with Gasteiger partial charge in [-0.3, -0.25) is 0 Å².